The number of hydrogen-bond acceptors (Lipinski definition) is 3. The van der Waals surface area contributed by atoms with Crippen molar-refractivity contribution >= 4 is 7.82 Å². The van der Waals surface area contributed by atoms with E-state index in [-0.39, 0.29) is 12.3 Å². The summed E-state index contributed by atoms with van der Waals surface area (Å²) >= 11 is 0. The number of hydrogen-bond donors (Lipinski definition) is 5. The molecule has 0 atom stereocenters. The van der Waals surface area contributed by atoms with E-state index in [1.165, 1.54) is 0 Å². The minimum absolute atomic E-state index is 0. The lowest BCUT2D eigenvalue weighted by Gasteiger charge is -2.41. The second kappa shape index (κ2) is 9.79. The molecule has 206 valence electrons. The van der Waals surface area contributed by atoms with Gasteiger partial charge in [0.05, 0.1) is 0 Å². The first-order valence-corrected chi connectivity index (χ1v) is 7.50. The van der Waals surface area contributed by atoms with Gasteiger partial charge in [-0.3, -0.25) is 0 Å². The van der Waals surface area contributed by atoms with Crippen molar-refractivity contribution in [3.8, 4) is 0 Å². The molecule has 0 aliphatic heterocycles. The molecule has 33 heavy (non-hydrogen) atoms. The molecule has 0 fully saturated rings. The maximum Gasteiger partial charge on any atom is 0.466 e. The first kappa shape index (κ1) is 39.0. The predicted octanol–water partition coefficient (Wildman–Crippen LogP) is 5.32. The minimum Gasteiger partial charge on any atom is -0.344 e. The number of phosphoric acid groups is 1. The second-order valence-corrected chi connectivity index (χ2v) is 5.98. The molecule has 0 amide bonds. The van der Waals surface area contributed by atoms with E-state index in [1.54, 1.807) is 0 Å². The van der Waals surface area contributed by atoms with Crippen LogP contribution < -0.4 is 12.3 Å². The molecule has 0 bridgehead atoms. The molecule has 0 aromatic rings. The average molecular weight is 570 g/mol. The lowest BCUT2D eigenvalue weighted by Crippen LogP contribution is -2.74. The van der Waals surface area contributed by atoms with E-state index in [2.05, 4.69) is 0 Å². The smallest absolute Gasteiger partial charge is 0.344 e. The molecule has 0 heterocycles. The third-order valence-corrected chi connectivity index (χ3v) is 2.68. The van der Waals surface area contributed by atoms with Crippen LogP contribution in [0, 0.1) is 0 Å². The van der Waals surface area contributed by atoms with Crippen LogP contribution in [0.5, 0.6) is 0 Å². The summed E-state index contributed by atoms with van der Waals surface area (Å²) in [6.45, 7) is 0. The van der Waals surface area contributed by atoms with E-state index in [9.17, 15) is 79.0 Å². The maximum absolute atomic E-state index is 12.8. The van der Waals surface area contributed by atoms with Crippen molar-refractivity contribution in [2.75, 3.05) is 0 Å². The van der Waals surface area contributed by atoms with Crippen LogP contribution in [0.3, 0.4) is 0 Å². The third-order valence-electron chi connectivity index (χ3n) is 2.68. The van der Waals surface area contributed by atoms with E-state index in [0.29, 0.717) is 0 Å². The number of rotatable bonds is 5. The zero-order chi connectivity index (χ0) is 26.5. The highest BCUT2D eigenvalue weighted by molar-refractivity contribution is 7.45. The first-order valence-electron chi connectivity index (χ1n) is 5.93. The Morgan fingerprint density at radius 1 is 0.364 bits per heavy atom. The van der Waals surface area contributed by atoms with Crippen molar-refractivity contribution in [3.63, 3.8) is 0 Å². The summed E-state index contributed by atoms with van der Waals surface area (Å²) in [5, 5.41) is 0. The van der Waals surface area contributed by atoms with Gasteiger partial charge >= 0.3 is 55.7 Å². The summed E-state index contributed by atoms with van der Waals surface area (Å²) in [7, 11) is -4.64. The Morgan fingerprint density at radius 2 is 0.455 bits per heavy atom. The molecular formula is C8H9F18N2O4P. The quantitative estimate of drug-likeness (QED) is 0.224. The Kier molecular flexibility index (Phi) is 11.6. The van der Waals surface area contributed by atoms with Gasteiger partial charge in [0.1, 0.15) is 0 Å². The van der Waals surface area contributed by atoms with Crippen LogP contribution in [-0.2, 0) is 4.57 Å². The van der Waals surface area contributed by atoms with Crippen LogP contribution in [-0.4, -0.2) is 62.6 Å². The Bertz CT molecular complexity index is 626. The van der Waals surface area contributed by atoms with Gasteiger partial charge in [-0.2, -0.15) is 79.0 Å². The summed E-state index contributed by atoms with van der Waals surface area (Å²) in [4.78, 5) is 21.6. The largest absolute Gasteiger partial charge is 0.466 e. The highest BCUT2D eigenvalue weighted by Crippen LogP contribution is 2.63. The molecule has 0 saturated heterocycles. The lowest BCUT2D eigenvalue weighted by molar-refractivity contribution is -0.468. The highest BCUT2D eigenvalue weighted by atomic mass is 31.2. The number of alkyl halides is 18. The molecule has 0 aliphatic rings. The minimum atomic E-state index is -8.72. The van der Waals surface area contributed by atoms with Crippen LogP contribution in [0.25, 0.3) is 0 Å². The third kappa shape index (κ3) is 6.68. The summed E-state index contributed by atoms with van der Waals surface area (Å²) in [6, 6.07) is 0. The zero-order valence-electron chi connectivity index (χ0n) is 14.4. The van der Waals surface area contributed by atoms with Crippen molar-refractivity contribution in [3.05, 3.63) is 0 Å². The molecule has 0 rings (SSSR count). The fourth-order valence-corrected chi connectivity index (χ4v) is 1.14. The summed E-state index contributed by atoms with van der Waals surface area (Å²) < 4.78 is 230. The van der Waals surface area contributed by atoms with Gasteiger partial charge in [0.25, 0.3) is 0 Å². The van der Waals surface area contributed by atoms with Crippen LogP contribution in [0.1, 0.15) is 0 Å². The van der Waals surface area contributed by atoms with E-state index in [4.69, 9.17) is 19.2 Å². The topological polar surface area (TPSA) is 148 Å². The monoisotopic (exact) mass is 570 g/mol. The van der Waals surface area contributed by atoms with Crippen LogP contribution in [0.2, 0.25) is 0 Å². The van der Waals surface area contributed by atoms with E-state index >= 15 is 0 Å². The van der Waals surface area contributed by atoms with Crippen LogP contribution in [0.15, 0.2) is 0 Å². The summed E-state index contributed by atoms with van der Waals surface area (Å²) in [5.41, 5.74) is 0. The summed E-state index contributed by atoms with van der Waals surface area (Å²) in [6.07, 6.45) is -15.6. The van der Waals surface area contributed by atoms with Gasteiger partial charge in [0.15, 0.2) is 0 Å². The highest BCUT2D eigenvalue weighted by Gasteiger charge is 2.95. The van der Waals surface area contributed by atoms with Gasteiger partial charge in [0.2, 0.25) is 0 Å². The van der Waals surface area contributed by atoms with Crippen LogP contribution in [0.4, 0.5) is 79.0 Å². The molecule has 0 radical (unpaired) electrons. The normalized spacial score (nSPS) is 15.1. The van der Waals surface area contributed by atoms with Gasteiger partial charge in [-0.05, 0) is 0 Å². The van der Waals surface area contributed by atoms with Crippen molar-refractivity contribution in [2.24, 2.45) is 0 Å². The molecule has 0 spiro atoms. The molecule has 0 aromatic carbocycles. The molecule has 0 aromatic heterocycles. The fraction of sp³-hybridized carbons (Fsp3) is 1.00. The predicted molar refractivity (Wildman–Crippen MR) is 66.1 cm³/mol. The molecule has 0 saturated carbocycles. The molecule has 0 aliphatic carbocycles. The van der Waals surface area contributed by atoms with Gasteiger partial charge in [-0.15, -0.1) is 0 Å². The molecule has 9 N–H and O–H groups in total. The molecule has 25 heteroatoms. The maximum atomic E-state index is 12.8. The standard InChI is InChI=1S/C8F18.2H3N.H3O4P/c9-1(10,3(13,14)5(17,18)7(21,22)23)2(11,12)4(15,16)6(19,20)8(24,25)26;;;1-5(2,3)4/h;2*1H3;(H3,1,2,3,4). The van der Waals surface area contributed by atoms with Crippen molar-refractivity contribution < 1.29 is 98.3 Å². The second-order valence-electron chi connectivity index (χ2n) is 4.96. The van der Waals surface area contributed by atoms with Crippen LogP contribution >= 0.6 is 7.82 Å². The van der Waals surface area contributed by atoms with Gasteiger partial charge in [-0.1, -0.05) is 0 Å². The van der Waals surface area contributed by atoms with Crippen molar-refractivity contribution in [1.29, 1.82) is 0 Å². The lowest BCUT2D eigenvalue weighted by atomic mass is 9.91. The SMILES string of the molecule is FC(F)(F)C(F)(F)C(F)(F)C(F)(F)C(F)(F)C(F)(F)C(F)(F)C(F)(F)F.N.N.O=P(O)(O)O. The molecular weight excluding hydrogens is 561 g/mol. The average Bonchev–Trinajstić information content (AvgIpc) is 2.41. The Labute approximate surface area is 167 Å². The van der Waals surface area contributed by atoms with Crippen molar-refractivity contribution in [2.45, 2.75) is 47.9 Å². The molecule has 0 unspecified atom stereocenters. The first-order chi connectivity index (χ1) is 12.8. The Balaban J connectivity index is -0.000000539. The summed E-state index contributed by atoms with van der Waals surface area (Å²) in [5.74, 6) is -51.0. The van der Waals surface area contributed by atoms with Gasteiger partial charge < -0.3 is 27.0 Å². The molecule has 6 nitrogen and oxygen atoms in total. The Hall–Kier alpha value is -1.23. The van der Waals surface area contributed by atoms with E-state index < -0.39 is 55.7 Å². The Morgan fingerprint density at radius 3 is 0.545 bits per heavy atom. The van der Waals surface area contributed by atoms with E-state index in [0.717, 1.165) is 0 Å². The number of halogens is 18. The van der Waals surface area contributed by atoms with Gasteiger partial charge in [0, 0.05) is 0 Å². The van der Waals surface area contributed by atoms with Crippen molar-refractivity contribution in [1.82, 2.24) is 12.3 Å². The van der Waals surface area contributed by atoms with E-state index in [1.807, 2.05) is 0 Å². The van der Waals surface area contributed by atoms with Gasteiger partial charge in [-0.25, -0.2) is 4.57 Å². The fourth-order valence-electron chi connectivity index (χ4n) is 1.14. The zero-order valence-corrected chi connectivity index (χ0v) is 15.3.